The molecular weight excluding hydrogens is 182 g/mol. The van der Waals surface area contributed by atoms with E-state index in [4.69, 9.17) is 0 Å². The average Bonchev–Trinajstić information content (AvgIpc) is 2.53. The topological polar surface area (TPSA) is 26.3 Å². The molecule has 2 rings (SSSR count). The molecule has 0 bridgehead atoms. The normalized spacial score (nSPS) is 42.5. The summed E-state index contributed by atoms with van der Waals surface area (Å²) in [5.41, 5.74) is 0. The predicted molar refractivity (Wildman–Crippen MR) is 56.3 cm³/mol. The van der Waals surface area contributed by atoms with Gasteiger partial charge >= 0.3 is 0 Å². The van der Waals surface area contributed by atoms with Crippen LogP contribution in [-0.4, -0.2) is 40.1 Å². The number of hydrogen-bond acceptors (Lipinski definition) is 2. The Morgan fingerprint density at radius 3 is 2.46 bits per heavy atom. The van der Waals surface area contributed by atoms with Gasteiger partial charge in [-0.2, -0.15) is 0 Å². The number of rotatable bonds is 1. The van der Waals surface area contributed by atoms with Gasteiger partial charge in [-0.1, -0.05) is 18.1 Å². The molecule has 3 heteroatoms. The van der Waals surface area contributed by atoms with Gasteiger partial charge in [0.25, 0.3) is 0 Å². The Hall–Kier alpha value is 0.270. The Morgan fingerprint density at radius 1 is 1.23 bits per heavy atom. The van der Waals surface area contributed by atoms with E-state index in [1.165, 1.54) is 32.4 Å². The Bertz CT molecular complexity index is 168. The standard InChI is InChI=1S/C10H19NOS/c1-9-2-5-11(8-9)10-3-6-13(12)7-4-10/h9-10H,2-8H2,1H3. The zero-order valence-electron chi connectivity index (χ0n) is 8.37. The van der Waals surface area contributed by atoms with Gasteiger partial charge in [-0.25, -0.2) is 0 Å². The summed E-state index contributed by atoms with van der Waals surface area (Å²) in [5, 5.41) is 0. The molecule has 0 aliphatic carbocycles. The van der Waals surface area contributed by atoms with Crippen LogP contribution in [0.5, 0.6) is 0 Å². The van der Waals surface area contributed by atoms with E-state index in [1.807, 2.05) is 0 Å². The van der Waals surface area contributed by atoms with E-state index in [1.54, 1.807) is 0 Å². The SMILES string of the molecule is CC1CCN(C2CC[S+]([O-])CC2)C1. The molecule has 0 aromatic rings. The third kappa shape index (κ3) is 2.39. The lowest BCUT2D eigenvalue weighted by atomic mass is 10.1. The van der Waals surface area contributed by atoms with Gasteiger partial charge in [0.2, 0.25) is 0 Å². The first-order chi connectivity index (χ1) is 6.25. The van der Waals surface area contributed by atoms with Crippen LogP contribution in [0.15, 0.2) is 0 Å². The van der Waals surface area contributed by atoms with Crippen LogP contribution >= 0.6 is 0 Å². The van der Waals surface area contributed by atoms with Gasteiger partial charge in [-0.15, -0.1) is 0 Å². The molecule has 0 amide bonds. The van der Waals surface area contributed by atoms with Crippen LogP contribution in [0.25, 0.3) is 0 Å². The first-order valence-corrected chi connectivity index (χ1v) is 6.83. The van der Waals surface area contributed by atoms with Crippen molar-refractivity contribution in [2.24, 2.45) is 5.92 Å². The Labute approximate surface area is 83.9 Å². The van der Waals surface area contributed by atoms with Gasteiger partial charge in [0.05, 0.1) is 0 Å². The molecule has 1 unspecified atom stereocenters. The summed E-state index contributed by atoms with van der Waals surface area (Å²) in [6, 6.07) is 0.752. The molecule has 76 valence electrons. The third-order valence-electron chi connectivity index (χ3n) is 3.33. The zero-order valence-corrected chi connectivity index (χ0v) is 9.18. The lowest BCUT2D eigenvalue weighted by Gasteiger charge is -2.31. The van der Waals surface area contributed by atoms with Crippen LogP contribution in [0.1, 0.15) is 26.2 Å². The van der Waals surface area contributed by atoms with Crippen LogP contribution in [-0.2, 0) is 11.2 Å². The van der Waals surface area contributed by atoms with E-state index in [9.17, 15) is 4.55 Å². The largest absolute Gasteiger partial charge is 0.616 e. The van der Waals surface area contributed by atoms with Crippen molar-refractivity contribution in [1.29, 1.82) is 0 Å². The van der Waals surface area contributed by atoms with Crippen LogP contribution in [0.4, 0.5) is 0 Å². The summed E-state index contributed by atoms with van der Waals surface area (Å²) < 4.78 is 11.2. The fourth-order valence-electron chi connectivity index (χ4n) is 2.45. The van der Waals surface area contributed by atoms with Crippen LogP contribution in [0.2, 0.25) is 0 Å². The maximum atomic E-state index is 11.2. The Morgan fingerprint density at radius 2 is 1.92 bits per heavy atom. The van der Waals surface area contributed by atoms with E-state index in [-0.39, 0.29) is 0 Å². The van der Waals surface area contributed by atoms with E-state index < -0.39 is 11.2 Å². The van der Waals surface area contributed by atoms with Gasteiger partial charge in [-0.05, 0) is 18.9 Å². The first-order valence-electron chi connectivity index (χ1n) is 5.35. The van der Waals surface area contributed by atoms with Crippen molar-refractivity contribution >= 4 is 11.2 Å². The van der Waals surface area contributed by atoms with E-state index in [2.05, 4.69) is 11.8 Å². The second-order valence-corrected chi connectivity index (χ2v) is 6.16. The van der Waals surface area contributed by atoms with Crippen molar-refractivity contribution < 1.29 is 4.55 Å². The van der Waals surface area contributed by atoms with Crippen molar-refractivity contribution in [3.63, 3.8) is 0 Å². The molecule has 0 aromatic heterocycles. The highest BCUT2D eigenvalue weighted by Crippen LogP contribution is 2.24. The molecule has 0 aromatic carbocycles. The molecule has 0 N–H and O–H groups in total. The molecule has 2 aliphatic heterocycles. The van der Waals surface area contributed by atoms with Gasteiger partial charge in [0.1, 0.15) is 11.5 Å². The van der Waals surface area contributed by atoms with Crippen molar-refractivity contribution in [1.82, 2.24) is 4.90 Å². The minimum atomic E-state index is -0.496. The Balaban J connectivity index is 1.81. The fourth-order valence-corrected chi connectivity index (χ4v) is 3.72. The zero-order chi connectivity index (χ0) is 9.26. The molecule has 1 atom stereocenters. The second-order valence-electron chi connectivity index (χ2n) is 4.47. The van der Waals surface area contributed by atoms with E-state index in [0.717, 1.165) is 23.5 Å². The van der Waals surface area contributed by atoms with Gasteiger partial charge in [0, 0.05) is 25.4 Å². The summed E-state index contributed by atoms with van der Waals surface area (Å²) in [4.78, 5) is 2.61. The molecule has 2 heterocycles. The van der Waals surface area contributed by atoms with Crippen LogP contribution < -0.4 is 0 Å². The highest BCUT2D eigenvalue weighted by Gasteiger charge is 2.30. The summed E-state index contributed by atoms with van der Waals surface area (Å²) in [6.07, 6.45) is 3.69. The smallest absolute Gasteiger partial charge is 0.107 e. The minimum Gasteiger partial charge on any atom is -0.616 e. The molecule has 2 fully saturated rings. The van der Waals surface area contributed by atoms with Crippen molar-refractivity contribution in [3.8, 4) is 0 Å². The molecule has 0 radical (unpaired) electrons. The molecule has 13 heavy (non-hydrogen) atoms. The quantitative estimate of drug-likeness (QED) is 0.597. The fraction of sp³-hybridized carbons (Fsp3) is 1.00. The molecule has 2 saturated heterocycles. The van der Waals surface area contributed by atoms with Gasteiger partial charge in [0.15, 0.2) is 0 Å². The van der Waals surface area contributed by atoms with Crippen molar-refractivity contribution in [2.75, 3.05) is 24.6 Å². The van der Waals surface area contributed by atoms with Gasteiger partial charge in [-0.3, -0.25) is 4.90 Å². The maximum absolute atomic E-state index is 11.2. The monoisotopic (exact) mass is 201 g/mol. The second kappa shape index (κ2) is 4.20. The molecule has 2 nitrogen and oxygen atoms in total. The van der Waals surface area contributed by atoms with Gasteiger partial charge < -0.3 is 4.55 Å². The highest BCUT2D eigenvalue weighted by atomic mass is 32.2. The van der Waals surface area contributed by atoms with E-state index in [0.29, 0.717) is 0 Å². The molecular formula is C10H19NOS. The molecule has 0 spiro atoms. The van der Waals surface area contributed by atoms with Crippen molar-refractivity contribution in [2.45, 2.75) is 32.2 Å². The first kappa shape index (κ1) is 9.81. The lowest BCUT2D eigenvalue weighted by Crippen LogP contribution is -2.39. The minimum absolute atomic E-state index is 0.496. The lowest BCUT2D eigenvalue weighted by molar-refractivity contribution is 0.220. The highest BCUT2D eigenvalue weighted by molar-refractivity contribution is 7.91. The summed E-state index contributed by atoms with van der Waals surface area (Å²) in [6.45, 7) is 4.89. The molecule has 0 saturated carbocycles. The van der Waals surface area contributed by atoms with Crippen LogP contribution in [0, 0.1) is 5.92 Å². The predicted octanol–water partition coefficient (Wildman–Crippen LogP) is 1.24. The summed E-state index contributed by atoms with van der Waals surface area (Å²) in [5.74, 6) is 2.76. The summed E-state index contributed by atoms with van der Waals surface area (Å²) >= 11 is -0.496. The average molecular weight is 201 g/mol. The number of hydrogen-bond donors (Lipinski definition) is 0. The third-order valence-corrected chi connectivity index (χ3v) is 4.71. The molecule has 2 aliphatic rings. The number of nitrogens with zero attached hydrogens (tertiary/aromatic N) is 1. The maximum Gasteiger partial charge on any atom is 0.107 e. The van der Waals surface area contributed by atoms with Crippen LogP contribution in [0.3, 0.4) is 0 Å². The number of likely N-dealkylation sites (tertiary alicyclic amines) is 1. The van der Waals surface area contributed by atoms with E-state index >= 15 is 0 Å². The Kier molecular flexibility index (Phi) is 3.17. The summed E-state index contributed by atoms with van der Waals surface area (Å²) in [7, 11) is 0. The van der Waals surface area contributed by atoms with Crippen molar-refractivity contribution in [3.05, 3.63) is 0 Å².